The van der Waals surface area contributed by atoms with Gasteiger partial charge in [-0.3, -0.25) is 4.90 Å². The van der Waals surface area contributed by atoms with Gasteiger partial charge in [-0.15, -0.1) is 0 Å². The molecule has 19 heavy (non-hydrogen) atoms. The molecule has 112 valence electrons. The van der Waals surface area contributed by atoms with E-state index in [0.717, 1.165) is 19.2 Å². The van der Waals surface area contributed by atoms with E-state index in [-0.39, 0.29) is 0 Å². The van der Waals surface area contributed by atoms with Gasteiger partial charge < -0.3 is 10.1 Å². The lowest BCUT2D eigenvalue weighted by Crippen LogP contribution is -2.48. The largest absolute Gasteiger partial charge is 0.375 e. The third-order valence-corrected chi connectivity index (χ3v) is 4.52. The van der Waals surface area contributed by atoms with E-state index in [1.165, 1.54) is 58.0 Å². The van der Waals surface area contributed by atoms with Crippen molar-refractivity contribution in [3.05, 3.63) is 0 Å². The van der Waals surface area contributed by atoms with Crippen molar-refractivity contribution in [2.75, 3.05) is 26.2 Å². The van der Waals surface area contributed by atoms with E-state index in [0.29, 0.717) is 12.1 Å². The SMILES string of the molecule is CC(C)NCCCCCCN1CCOC2CCCC21. The molecule has 2 aliphatic rings. The van der Waals surface area contributed by atoms with Crippen LogP contribution in [-0.4, -0.2) is 49.3 Å². The van der Waals surface area contributed by atoms with Crippen molar-refractivity contribution >= 4 is 0 Å². The van der Waals surface area contributed by atoms with E-state index in [2.05, 4.69) is 24.1 Å². The fourth-order valence-electron chi connectivity index (χ4n) is 3.47. The van der Waals surface area contributed by atoms with Crippen LogP contribution in [0.5, 0.6) is 0 Å². The first-order valence-electron chi connectivity index (χ1n) is 8.36. The molecule has 0 amide bonds. The van der Waals surface area contributed by atoms with Gasteiger partial charge in [-0.05, 0) is 45.2 Å². The van der Waals surface area contributed by atoms with Crippen molar-refractivity contribution in [1.29, 1.82) is 0 Å². The number of nitrogens with zero attached hydrogens (tertiary/aromatic N) is 1. The number of ether oxygens (including phenoxy) is 1. The van der Waals surface area contributed by atoms with Crippen LogP contribution >= 0.6 is 0 Å². The second-order valence-electron chi connectivity index (χ2n) is 6.47. The van der Waals surface area contributed by atoms with Gasteiger partial charge in [-0.1, -0.05) is 26.7 Å². The summed E-state index contributed by atoms with van der Waals surface area (Å²) in [7, 11) is 0. The lowest BCUT2D eigenvalue weighted by atomic mass is 10.1. The minimum atomic E-state index is 0.559. The Hall–Kier alpha value is -0.120. The zero-order chi connectivity index (χ0) is 13.5. The van der Waals surface area contributed by atoms with Crippen LogP contribution in [0.15, 0.2) is 0 Å². The van der Waals surface area contributed by atoms with Crippen LogP contribution in [0.1, 0.15) is 58.8 Å². The summed E-state index contributed by atoms with van der Waals surface area (Å²) in [6.45, 7) is 9.03. The number of unbranched alkanes of at least 4 members (excludes halogenated alkanes) is 3. The zero-order valence-corrected chi connectivity index (χ0v) is 12.9. The molecule has 0 aromatic rings. The molecule has 0 aromatic heterocycles. The maximum Gasteiger partial charge on any atom is 0.0730 e. The molecule has 1 heterocycles. The zero-order valence-electron chi connectivity index (χ0n) is 12.9. The van der Waals surface area contributed by atoms with E-state index in [1.807, 2.05) is 0 Å². The van der Waals surface area contributed by atoms with Gasteiger partial charge in [0.2, 0.25) is 0 Å². The molecule has 1 aliphatic carbocycles. The lowest BCUT2D eigenvalue weighted by Gasteiger charge is -2.37. The van der Waals surface area contributed by atoms with Gasteiger partial charge in [0.15, 0.2) is 0 Å². The highest BCUT2D eigenvalue weighted by Crippen LogP contribution is 2.29. The number of fused-ring (bicyclic) bond motifs is 1. The Morgan fingerprint density at radius 3 is 2.84 bits per heavy atom. The Balaban J connectivity index is 1.51. The minimum Gasteiger partial charge on any atom is -0.375 e. The van der Waals surface area contributed by atoms with E-state index < -0.39 is 0 Å². The standard InChI is InChI=1S/C16H32N2O/c1-14(2)17-10-5-3-4-6-11-18-12-13-19-16-9-7-8-15(16)18/h14-17H,3-13H2,1-2H3. The molecule has 2 fully saturated rings. The van der Waals surface area contributed by atoms with Crippen LogP contribution < -0.4 is 5.32 Å². The molecule has 1 saturated carbocycles. The maximum atomic E-state index is 5.86. The summed E-state index contributed by atoms with van der Waals surface area (Å²) in [5, 5.41) is 3.49. The molecule has 2 unspecified atom stereocenters. The Kier molecular flexibility index (Phi) is 6.62. The molecule has 0 spiro atoms. The highest BCUT2D eigenvalue weighted by atomic mass is 16.5. The van der Waals surface area contributed by atoms with Gasteiger partial charge in [-0.2, -0.15) is 0 Å². The van der Waals surface area contributed by atoms with Gasteiger partial charge in [0.1, 0.15) is 0 Å². The third-order valence-electron chi connectivity index (χ3n) is 4.52. The second kappa shape index (κ2) is 8.23. The van der Waals surface area contributed by atoms with Crippen molar-refractivity contribution in [3.63, 3.8) is 0 Å². The summed E-state index contributed by atoms with van der Waals surface area (Å²) in [6, 6.07) is 1.38. The van der Waals surface area contributed by atoms with E-state index in [4.69, 9.17) is 4.74 Å². The van der Waals surface area contributed by atoms with Gasteiger partial charge >= 0.3 is 0 Å². The Bertz CT molecular complexity index is 245. The number of morpholine rings is 1. The highest BCUT2D eigenvalue weighted by Gasteiger charge is 2.35. The monoisotopic (exact) mass is 268 g/mol. The Labute approximate surface area is 119 Å². The van der Waals surface area contributed by atoms with Crippen LogP contribution in [0.2, 0.25) is 0 Å². The first-order chi connectivity index (χ1) is 9.27. The summed E-state index contributed by atoms with van der Waals surface area (Å²) in [4.78, 5) is 2.70. The fraction of sp³-hybridized carbons (Fsp3) is 1.00. The number of hydrogen-bond donors (Lipinski definition) is 1. The van der Waals surface area contributed by atoms with Crippen LogP contribution in [-0.2, 0) is 4.74 Å². The van der Waals surface area contributed by atoms with E-state index in [9.17, 15) is 0 Å². The maximum absolute atomic E-state index is 5.86. The molecular formula is C16H32N2O. The molecule has 3 heteroatoms. The average Bonchev–Trinajstić information content (AvgIpc) is 2.86. The van der Waals surface area contributed by atoms with Crippen molar-refractivity contribution in [2.45, 2.75) is 77.0 Å². The summed E-state index contributed by atoms with van der Waals surface area (Å²) in [5.41, 5.74) is 0. The van der Waals surface area contributed by atoms with E-state index >= 15 is 0 Å². The molecular weight excluding hydrogens is 236 g/mol. The topological polar surface area (TPSA) is 24.5 Å². The Morgan fingerprint density at radius 2 is 2.00 bits per heavy atom. The van der Waals surface area contributed by atoms with Crippen LogP contribution in [0, 0.1) is 0 Å². The normalized spacial score (nSPS) is 27.9. The van der Waals surface area contributed by atoms with Crippen LogP contribution in [0.3, 0.4) is 0 Å². The summed E-state index contributed by atoms with van der Waals surface area (Å²) < 4.78 is 5.86. The first-order valence-corrected chi connectivity index (χ1v) is 8.36. The van der Waals surface area contributed by atoms with E-state index in [1.54, 1.807) is 0 Å². The first kappa shape index (κ1) is 15.3. The minimum absolute atomic E-state index is 0.559. The second-order valence-corrected chi connectivity index (χ2v) is 6.47. The smallest absolute Gasteiger partial charge is 0.0730 e. The third kappa shape index (κ3) is 5.05. The number of hydrogen-bond acceptors (Lipinski definition) is 3. The van der Waals surface area contributed by atoms with Crippen molar-refractivity contribution in [3.8, 4) is 0 Å². The highest BCUT2D eigenvalue weighted by molar-refractivity contribution is 4.89. The van der Waals surface area contributed by atoms with Crippen molar-refractivity contribution in [2.24, 2.45) is 0 Å². The Morgan fingerprint density at radius 1 is 1.16 bits per heavy atom. The number of rotatable bonds is 8. The van der Waals surface area contributed by atoms with Crippen LogP contribution in [0.4, 0.5) is 0 Å². The summed E-state index contributed by atoms with van der Waals surface area (Å²) in [5.74, 6) is 0. The molecule has 3 nitrogen and oxygen atoms in total. The predicted molar refractivity (Wildman–Crippen MR) is 80.6 cm³/mol. The summed E-state index contributed by atoms with van der Waals surface area (Å²) >= 11 is 0. The predicted octanol–water partition coefficient (Wildman–Crippen LogP) is 2.80. The number of nitrogens with one attached hydrogen (secondary N) is 1. The van der Waals surface area contributed by atoms with Crippen molar-refractivity contribution in [1.82, 2.24) is 10.2 Å². The van der Waals surface area contributed by atoms with Gasteiger partial charge in [0.25, 0.3) is 0 Å². The summed E-state index contributed by atoms with van der Waals surface area (Å²) in [6.07, 6.45) is 10.0. The molecule has 2 atom stereocenters. The molecule has 0 bridgehead atoms. The van der Waals surface area contributed by atoms with Gasteiger partial charge in [-0.25, -0.2) is 0 Å². The van der Waals surface area contributed by atoms with Gasteiger partial charge in [0, 0.05) is 18.6 Å². The lowest BCUT2D eigenvalue weighted by molar-refractivity contribution is -0.0558. The van der Waals surface area contributed by atoms with Crippen LogP contribution in [0.25, 0.3) is 0 Å². The molecule has 1 saturated heterocycles. The molecule has 0 radical (unpaired) electrons. The van der Waals surface area contributed by atoms with Gasteiger partial charge in [0.05, 0.1) is 12.7 Å². The molecule has 2 rings (SSSR count). The quantitative estimate of drug-likeness (QED) is 0.685. The fourth-order valence-corrected chi connectivity index (χ4v) is 3.47. The average molecular weight is 268 g/mol. The molecule has 1 aliphatic heterocycles. The molecule has 0 aromatic carbocycles. The van der Waals surface area contributed by atoms with Crippen molar-refractivity contribution < 1.29 is 4.74 Å². The molecule has 1 N–H and O–H groups in total.